The number of ether oxygens (including phenoxy) is 2. The van der Waals surface area contributed by atoms with Crippen LogP contribution in [0.5, 0.6) is 17.5 Å². The van der Waals surface area contributed by atoms with E-state index in [4.69, 9.17) is 15.2 Å². The summed E-state index contributed by atoms with van der Waals surface area (Å²) in [7, 11) is 0. The fourth-order valence-corrected chi connectivity index (χ4v) is 2.43. The van der Waals surface area contributed by atoms with Crippen LogP contribution in [-0.2, 0) is 0 Å². The Bertz CT molecular complexity index is 645. The van der Waals surface area contributed by atoms with Gasteiger partial charge in [-0.3, -0.25) is 0 Å². The molecule has 0 saturated heterocycles. The number of hydrogen-bond acceptors (Lipinski definition) is 7. The van der Waals surface area contributed by atoms with E-state index in [1.165, 1.54) is 12.3 Å². The van der Waals surface area contributed by atoms with Crippen LogP contribution in [0.1, 0.15) is 54.4 Å². The predicted molar refractivity (Wildman–Crippen MR) is 121 cm³/mol. The molecule has 7 nitrogen and oxygen atoms in total. The molecule has 0 aliphatic rings. The van der Waals surface area contributed by atoms with Crippen molar-refractivity contribution in [1.82, 2.24) is 9.97 Å². The average molecular weight is 407 g/mol. The summed E-state index contributed by atoms with van der Waals surface area (Å²) in [5, 5.41) is 9.18. The Morgan fingerprint density at radius 2 is 1.52 bits per heavy atom. The molecule has 0 aliphatic heterocycles. The maximum atomic E-state index is 9.18. The second-order valence-electron chi connectivity index (χ2n) is 5.63. The van der Waals surface area contributed by atoms with Crippen molar-refractivity contribution in [2.24, 2.45) is 0 Å². The molecular weight excluding hydrogens is 368 g/mol. The first-order valence-electron chi connectivity index (χ1n) is 10.6. The molecule has 0 aromatic carbocycles. The van der Waals surface area contributed by atoms with Crippen LogP contribution in [0.2, 0.25) is 0 Å². The van der Waals surface area contributed by atoms with Gasteiger partial charge in [-0.05, 0) is 18.9 Å². The molecule has 7 heteroatoms. The number of pyridine rings is 2. The molecule has 0 unspecified atom stereocenters. The number of hydrogen-bond donors (Lipinski definition) is 2. The lowest BCUT2D eigenvalue weighted by Gasteiger charge is -2.24. The summed E-state index contributed by atoms with van der Waals surface area (Å²) in [6.07, 6.45) is 3.45. The van der Waals surface area contributed by atoms with Gasteiger partial charge in [0, 0.05) is 37.0 Å². The third-order valence-electron chi connectivity index (χ3n) is 3.46. The second kappa shape index (κ2) is 16.3. The Morgan fingerprint density at radius 1 is 0.931 bits per heavy atom. The molecule has 0 radical (unpaired) electrons. The van der Waals surface area contributed by atoms with Gasteiger partial charge in [0.15, 0.2) is 0 Å². The molecule has 2 rings (SSSR count). The summed E-state index contributed by atoms with van der Waals surface area (Å²) in [5.41, 5.74) is 6.94. The monoisotopic (exact) mass is 406 g/mol. The Labute approximate surface area is 175 Å². The van der Waals surface area contributed by atoms with E-state index >= 15 is 0 Å². The fourth-order valence-electron chi connectivity index (χ4n) is 2.43. The van der Waals surface area contributed by atoms with Gasteiger partial charge in [-0.2, -0.15) is 4.98 Å². The maximum absolute atomic E-state index is 9.18. The third-order valence-corrected chi connectivity index (χ3v) is 3.46. The van der Waals surface area contributed by atoms with E-state index in [-0.39, 0.29) is 5.75 Å². The van der Waals surface area contributed by atoms with Crippen molar-refractivity contribution >= 4 is 11.5 Å². The average Bonchev–Trinajstić information content (AvgIpc) is 2.75. The van der Waals surface area contributed by atoms with Crippen LogP contribution in [0.15, 0.2) is 30.5 Å². The number of nitrogens with two attached hydrogens (primary N) is 1. The highest BCUT2D eigenvalue weighted by Gasteiger charge is 2.09. The quantitative estimate of drug-likeness (QED) is 0.542. The molecule has 0 atom stereocenters. The Balaban J connectivity index is 0.00000184. The summed E-state index contributed by atoms with van der Waals surface area (Å²) in [6.45, 7) is 14.9. The lowest BCUT2D eigenvalue weighted by molar-refractivity contribution is 0.207. The van der Waals surface area contributed by atoms with Crippen LogP contribution in [0, 0.1) is 0 Å². The first-order valence-corrected chi connectivity index (χ1v) is 10.6. The van der Waals surface area contributed by atoms with Crippen LogP contribution >= 0.6 is 0 Å². The van der Waals surface area contributed by atoms with E-state index in [0.29, 0.717) is 30.8 Å². The summed E-state index contributed by atoms with van der Waals surface area (Å²) in [5.74, 6) is 1.45. The first-order chi connectivity index (χ1) is 14.1. The van der Waals surface area contributed by atoms with Crippen LogP contribution in [0.4, 0.5) is 11.5 Å². The fraction of sp³-hybridized carbons (Fsp3) is 0.545. The zero-order chi connectivity index (χ0) is 22.1. The van der Waals surface area contributed by atoms with Gasteiger partial charge in [0.05, 0.1) is 6.20 Å². The molecule has 29 heavy (non-hydrogen) atoms. The lowest BCUT2D eigenvalue weighted by atomic mass is 10.3. The van der Waals surface area contributed by atoms with Gasteiger partial charge >= 0.3 is 0 Å². The Hall–Kier alpha value is -2.70. The minimum absolute atomic E-state index is 0.101. The van der Waals surface area contributed by atoms with E-state index < -0.39 is 0 Å². The second-order valence-corrected chi connectivity index (χ2v) is 5.63. The van der Waals surface area contributed by atoms with Gasteiger partial charge in [-0.1, -0.05) is 41.5 Å². The van der Waals surface area contributed by atoms with Crippen molar-refractivity contribution in [2.75, 3.05) is 36.9 Å². The van der Waals surface area contributed by atoms with Crippen LogP contribution in [0.25, 0.3) is 0 Å². The minimum Gasteiger partial charge on any atom is -0.506 e. The minimum atomic E-state index is 0.101. The Kier molecular flexibility index (Phi) is 14.8. The molecule has 2 aromatic heterocycles. The number of nitrogens with zero attached hydrogens (tertiary/aromatic N) is 3. The summed E-state index contributed by atoms with van der Waals surface area (Å²) in [6, 6.07) is 6.89. The summed E-state index contributed by atoms with van der Waals surface area (Å²) >= 11 is 0. The van der Waals surface area contributed by atoms with Gasteiger partial charge < -0.3 is 25.2 Å². The van der Waals surface area contributed by atoms with Crippen molar-refractivity contribution in [2.45, 2.75) is 54.4 Å². The van der Waals surface area contributed by atoms with Gasteiger partial charge in [0.25, 0.3) is 0 Å². The number of rotatable bonds is 10. The van der Waals surface area contributed by atoms with E-state index in [9.17, 15) is 5.11 Å². The van der Waals surface area contributed by atoms with Gasteiger partial charge in [0.1, 0.15) is 24.8 Å². The van der Waals surface area contributed by atoms with Crippen molar-refractivity contribution in [3.63, 3.8) is 0 Å². The standard InChI is InChI=1S/C18H26N4O3.2C2H6/c1-3-7-22(8-4-2)14-11-16(19)21-18(12-14)25-10-9-24-17-6-5-15(23)13-20-17;2*1-2/h5-6,11-13,23H,3-4,7-10H2,1-2H3,(H2,19,21);2*1-2H3. The smallest absolute Gasteiger partial charge is 0.217 e. The topological polar surface area (TPSA) is 93.7 Å². The van der Waals surface area contributed by atoms with E-state index in [1.807, 2.05) is 39.8 Å². The Morgan fingerprint density at radius 3 is 2.03 bits per heavy atom. The highest BCUT2D eigenvalue weighted by Crippen LogP contribution is 2.23. The summed E-state index contributed by atoms with van der Waals surface area (Å²) < 4.78 is 11.1. The maximum Gasteiger partial charge on any atom is 0.217 e. The van der Waals surface area contributed by atoms with Crippen LogP contribution < -0.4 is 20.1 Å². The summed E-state index contributed by atoms with van der Waals surface area (Å²) in [4.78, 5) is 10.4. The molecule has 3 N–H and O–H groups in total. The molecule has 0 bridgehead atoms. The SMILES string of the molecule is CC.CC.CCCN(CCC)c1cc(N)nc(OCCOc2ccc(O)cn2)c1. The molecule has 0 amide bonds. The van der Waals surface area contributed by atoms with Gasteiger partial charge in [0.2, 0.25) is 11.8 Å². The number of anilines is 2. The zero-order valence-electron chi connectivity index (χ0n) is 18.8. The predicted octanol–water partition coefficient (Wildman–Crippen LogP) is 4.90. The molecule has 0 saturated carbocycles. The van der Waals surface area contributed by atoms with Gasteiger partial charge in [-0.15, -0.1) is 0 Å². The normalized spacial score (nSPS) is 9.45. The molecule has 2 heterocycles. The number of aromatic nitrogens is 2. The number of nitrogen functional groups attached to an aromatic ring is 1. The molecule has 0 aliphatic carbocycles. The van der Waals surface area contributed by atoms with E-state index in [0.717, 1.165) is 31.6 Å². The highest BCUT2D eigenvalue weighted by atomic mass is 16.5. The lowest BCUT2D eigenvalue weighted by Crippen LogP contribution is -2.25. The first kappa shape index (κ1) is 26.3. The zero-order valence-corrected chi connectivity index (χ0v) is 18.8. The van der Waals surface area contributed by atoms with E-state index in [2.05, 4.69) is 28.7 Å². The molecule has 0 spiro atoms. The molecule has 2 aromatic rings. The molecule has 0 fully saturated rings. The third kappa shape index (κ3) is 10.4. The largest absolute Gasteiger partial charge is 0.506 e. The molecular formula is C22H38N4O3. The van der Waals surface area contributed by atoms with Gasteiger partial charge in [-0.25, -0.2) is 4.98 Å². The van der Waals surface area contributed by atoms with Crippen molar-refractivity contribution in [3.8, 4) is 17.5 Å². The van der Waals surface area contributed by atoms with Crippen LogP contribution in [-0.4, -0.2) is 41.4 Å². The van der Waals surface area contributed by atoms with Crippen molar-refractivity contribution in [1.29, 1.82) is 0 Å². The molecule has 164 valence electrons. The van der Waals surface area contributed by atoms with Crippen molar-refractivity contribution in [3.05, 3.63) is 30.5 Å². The highest BCUT2D eigenvalue weighted by molar-refractivity contribution is 5.55. The number of aromatic hydroxyl groups is 1. The van der Waals surface area contributed by atoms with Crippen LogP contribution in [0.3, 0.4) is 0 Å². The van der Waals surface area contributed by atoms with E-state index in [1.54, 1.807) is 6.07 Å². The van der Waals surface area contributed by atoms with Crippen molar-refractivity contribution < 1.29 is 14.6 Å².